The van der Waals surface area contributed by atoms with Crippen molar-refractivity contribution in [3.8, 4) is 0 Å². The number of rotatable bonds is 1. The zero-order chi connectivity index (χ0) is 8.13. The molecule has 0 spiro atoms. The van der Waals surface area contributed by atoms with Crippen molar-refractivity contribution in [2.24, 2.45) is 0 Å². The summed E-state index contributed by atoms with van der Waals surface area (Å²) in [6, 6.07) is 0. The van der Waals surface area contributed by atoms with Gasteiger partial charge in [0.05, 0.1) is 11.4 Å². The Kier molecular flexibility index (Phi) is 1.14. The fourth-order valence-electron chi connectivity index (χ4n) is 1.56. The topological polar surface area (TPSA) is 30.2 Å². The highest BCUT2D eigenvalue weighted by Crippen LogP contribution is 2.41. The Bertz CT molecular complexity index is 424. The summed E-state index contributed by atoms with van der Waals surface area (Å²) < 4.78 is 1.94. The van der Waals surface area contributed by atoms with Crippen molar-refractivity contribution < 1.29 is 0 Å². The third kappa shape index (κ3) is 0.756. The maximum Gasteiger partial charge on any atom is 0.212 e. The molecule has 2 aromatic heterocycles. The molecule has 0 amide bonds. The van der Waals surface area contributed by atoms with Gasteiger partial charge in [-0.25, -0.2) is 9.50 Å². The molecule has 2 heterocycles. The summed E-state index contributed by atoms with van der Waals surface area (Å²) in [6.07, 6.45) is 2.62. The molecule has 0 aromatic carbocycles. The maximum absolute atomic E-state index is 4.55. The Morgan fingerprint density at radius 2 is 2.42 bits per heavy atom. The minimum absolute atomic E-state index is 0.735. The van der Waals surface area contributed by atoms with Gasteiger partial charge in [-0.1, -0.05) is 11.3 Å². The second-order valence-corrected chi connectivity index (χ2v) is 4.10. The predicted octanol–water partition coefficient (Wildman–Crippen LogP) is 1.98. The van der Waals surface area contributed by atoms with E-state index in [0.717, 1.165) is 10.9 Å². The molecule has 0 saturated heterocycles. The molecule has 1 aliphatic carbocycles. The molecule has 1 fully saturated rings. The quantitative estimate of drug-likeness (QED) is 0.670. The fraction of sp³-hybridized carbons (Fsp3) is 0.500. The smallest absolute Gasteiger partial charge is 0.212 e. The average molecular weight is 179 g/mol. The molecular formula is C8H9N3S. The van der Waals surface area contributed by atoms with E-state index >= 15 is 0 Å². The van der Waals surface area contributed by atoms with Crippen LogP contribution in [0.1, 0.15) is 30.1 Å². The van der Waals surface area contributed by atoms with Gasteiger partial charge in [0.1, 0.15) is 5.51 Å². The van der Waals surface area contributed by atoms with E-state index in [-0.39, 0.29) is 0 Å². The minimum atomic E-state index is 0.735. The van der Waals surface area contributed by atoms with Gasteiger partial charge in [-0.15, -0.1) is 0 Å². The van der Waals surface area contributed by atoms with Crippen molar-refractivity contribution in [3.05, 3.63) is 16.9 Å². The van der Waals surface area contributed by atoms with Crippen LogP contribution in [0.3, 0.4) is 0 Å². The number of aryl methyl sites for hydroxylation is 1. The van der Waals surface area contributed by atoms with Crippen LogP contribution in [-0.2, 0) is 0 Å². The lowest BCUT2D eigenvalue weighted by Gasteiger charge is -1.91. The third-order valence-corrected chi connectivity index (χ3v) is 3.05. The molecule has 2 aromatic rings. The van der Waals surface area contributed by atoms with Gasteiger partial charge >= 0.3 is 0 Å². The van der Waals surface area contributed by atoms with Crippen molar-refractivity contribution in [1.82, 2.24) is 14.6 Å². The lowest BCUT2D eigenvalue weighted by Crippen LogP contribution is -1.88. The summed E-state index contributed by atoms with van der Waals surface area (Å²) in [6.45, 7) is 2.10. The van der Waals surface area contributed by atoms with Crippen LogP contribution in [0.4, 0.5) is 0 Å². The van der Waals surface area contributed by atoms with Crippen molar-refractivity contribution in [2.75, 3.05) is 0 Å². The first-order chi connectivity index (χ1) is 5.86. The van der Waals surface area contributed by atoms with E-state index < -0.39 is 0 Å². The van der Waals surface area contributed by atoms with Crippen LogP contribution in [0.2, 0.25) is 0 Å². The SMILES string of the molecule is Cc1c(C2CC2)nc2scnn12. The summed E-state index contributed by atoms with van der Waals surface area (Å²) in [5.41, 5.74) is 4.34. The first kappa shape index (κ1) is 6.60. The average Bonchev–Trinajstić information content (AvgIpc) is 2.71. The second kappa shape index (κ2) is 2.07. The standard InChI is InChI=1S/C8H9N3S/c1-5-7(6-2-3-6)10-8-11(5)9-4-12-8/h4,6H,2-3H2,1H3. The Morgan fingerprint density at radius 3 is 3.08 bits per heavy atom. The number of hydrogen-bond acceptors (Lipinski definition) is 3. The van der Waals surface area contributed by atoms with Gasteiger partial charge in [-0.05, 0) is 19.8 Å². The summed E-state index contributed by atoms with van der Waals surface area (Å²) in [5, 5.41) is 4.22. The first-order valence-electron chi connectivity index (χ1n) is 4.15. The number of aromatic nitrogens is 3. The molecule has 3 rings (SSSR count). The van der Waals surface area contributed by atoms with Crippen LogP contribution in [0.15, 0.2) is 5.51 Å². The van der Waals surface area contributed by atoms with E-state index in [4.69, 9.17) is 0 Å². The van der Waals surface area contributed by atoms with Gasteiger partial charge in [0.25, 0.3) is 0 Å². The molecule has 0 aliphatic heterocycles. The zero-order valence-electron chi connectivity index (χ0n) is 6.82. The predicted molar refractivity (Wildman–Crippen MR) is 47.6 cm³/mol. The lowest BCUT2D eigenvalue weighted by molar-refractivity contribution is 0.910. The maximum atomic E-state index is 4.55. The van der Waals surface area contributed by atoms with Crippen LogP contribution in [0.5, 0.6) is 0 Å². The monoisotopic (exact) mass is 179 g/mol. The minimum Gasteiger partial charge on any atom is -0.222 e. The first-order valence-corrected chi connectivity index (χ1v) is 5.03. The van der Waals surface area contributed by atoms with Crippen molar-refractivity contribution >= 4 is 16.3 Å². The highest BCUT2D eigenvalue weighted by atomic mass is 32.1. The Labute approximate surface area is 74.1 Å². The van der Waals surface area contributed by atoms with Crippen LogP contribution in [0.25, 0.3) is 4.96 Å². The molecule has 0 atom stereocenters. The van der Waals surface area contributed by atoms with Gasteiger partial charge in [0, 0.05) is 5.92 Å². The summed E-state index contributed by atoms with van der Waals surface area (Å²) in [5.74, 6) is 0.735. The van der Waals surface area contributed by atoms with Gasteiger partial charge in [-0.2, -0.15) is 5.10 Å². The van der Waals surface area contributed by atoms with Gasteiger partial charge < -0.3 is 0 Å². The fourth-order valence-corrected chi connectivity index (χ4v) is 2.23. The third-order valence-electron chi connectivity index (χ3n) is 2.37. The number of hydrogen-bond donors (Lipinski definition) is 0. The van der Waals surface area contributed by atoms with E-state index in [0.29, 0.717) is 0 Å². The molecule has 0 unspecified atom stereocenters. The largest absolute Gasteiger partial charge is 0.222 e. The van der Waals surface area contributed by atoms with Crippen molar-refractivity contribution in [2.45, 2.75) is 25.7 Å². The Balaban J connectivity index is 2.29. The van der Waals surface area contributed by atoms with E-state index in [1.54, 1.807) is 11.3 Å². The molecule has 0 N–H and O–H groups in total. The Hall–Kier alpha value is -0.900. The molecule has 1 aliphatic rings. The van der Waals surface area contributed by atoms with E-state index in [1.807, 2.05) is 10.0 Å². The molecule has 12 heavy (non-hydrogen) atoms. The van der Waals surface area contributed by atoms with E-state index in [2.05, 4.69) is 17.0 Å². The van der Waals surface area contributed by atoms with Gasteiger partial charge in [0.2, 0.25) is 4.96 Å². The molecule has 3 nitrogen and oxygen atoms in total. The van der Waals surface area contributed by atoms with Gasteiger partial charge in [0.15, 0.2) is 0 Å². The van der Waals surface area contributed by atoms with Crippen LogP contribution >= 0.6 is 11.3 Å². The highest BCUT2D eigenvalue weighted by molar-refractivity contribution is 7.14. The van der Waals surface area contributed by atoms with Crippen molar-refractivity contribution in [1.29, 1.82) is 0 Å². The summed E-state index contributed by atoms with van der Waals surface area (Å²) >= 11 is 1.61. The van der Waals surface area contributed by atoms with Crippen LogP contribution < -0.4 is 0 Å². The molecule has 62 valence electrons. The number of imidazole rings is 1. The molecule has 1 saturated carbocycles. The van der Waals surface area contributed by atoms with Crippen LogP contribution in [-0.4, -0.2) is 14.6 Å². The normalized spacial score (nSPS) is 17.4. The Morgan fingerprint density at radius 1 is 1.58 bits per heavy atom. The zero-order valence-corrected chi connectivity index (χ0v) is 7.64. The van der Waals surface area contributed by atoms with E-state index in [9.17, 15) is 0 Å². The molecule has 0 radical (unpaired) electrons. The molecule has 4 heteroatoms. The lowest BCUT2D eigenvalue weighted by atomic mass is 10.2. The summed E-state index contributed by atoms with van der Waals surface area (Å²) in [4.78, 5) is 5.59. The molecular weight excluding hydrogens is 170 g/mol. The van der Waals surface area contributed by atoms with Crippen molar-refractivity contribution in [3.63, 3.8) is 0 Å². The van der Waals surface area contributed by atoms with Gasteiger partial charge in [-0.3, -0.25) is 0 Å². The number of fused-ring (bicyclic) bond motifs is 1. The van der Waals surface area contributed by atoms with Crippen LogP contribution in [0, 0.1) is 6.92 Å². The highest BCUT2D eigenvalue weighted by Gasteiger charge is 2.29. The molecule has 0 bridgehead atoms. The van der Waals surface area contributed by atoms with E-state index in [1.165, 1.54) is 24.2 Å². The summed E-state index contributed by atoms with van der Waals surface area (Å²) in [7, 11) is 0. The number of nitrogens with zero attached hydrogens (tertiary/aromatic N) is 3. The second-order valence-electron chi connectivity index (χ2n) is 3.29.